The van der Waals surface area contributed by atoms with E-state index in [0.717, 1.165) is 42.2 Å². The lowest BCUT2D eigenvalue weighted by atomic mass is 10.2. The van der Waals surface area contributed by atoms with Crippen LogP contribution in [0.5, 0.6) is 5.75 Å². The molecular formula is C23H27ClN5O3S+. The van der Waals surface area contributed by atoms with Crippen LogP contribution >= 0.6 is 11.6 Å². The molecule has 2 fully saturated rings. The molecule has 2 aliphatic rings. The van der Waals surface area contributed by atoms with Crippen molar-refractivity contribution in [3.63, 3.8) is 0 Å². The lowest BCUT2D eigenvalue weighted by Gasteiger charge is -2.34. The summed E-state index contributed by atoms with van der Waals surface area (Å²) >= 11 is 5.22. The number of halogens is 1. The standard InChI is InChI=1S/C23H27ClN5O3S/c1-16-15-32-12-11-29(16)20-13-19(26-21(24)27-20)23(7-8-23)33(30)22-25-9-10-28(22)14-17-3-5-18(31-2)6-4-17/h3-6,9-10,13,16,30H,7-8,11-12,14-15H2,1-2H3/q+1/t16-,33?/m0/s1. The van der Waals surface area contributed by atoms with E-state index in [9.17, 15) is 4.55 Å². The first kappa shape index (κ1) is 22.5. The van der Waals surface area contributed by atoms with Gasteiger partial charge in [-0.25, -0.2) is 9.97 Å². The fraction of sp³-hybridized carbons (Fsp3) is 0.435. The van der Waals surface area contributed by atoms with Gasteiger partial charge >= 0.3 is 5.16 Å². The molecule has 2 atom stereocenters. The Hall–Kier alpha value is -2.33. The van der Waals surface area contributed by atoms with Crippen LogP contribution in [-0.4, -0.2) is 57.0 Å². The van der Waals surface area contributed by atoms with E-state index in [1.165, 1.54) is 0 Å². The van der Waals surface area contributed by atoms with Crippen molar-refractivity contribution in [3.8, 4) is 5.75 Å². The number of methoxy groups -OCH3 is 1. The van der Waals surface area contributed by atoms with E-state index in [0.29, 0.717) is 24.9 Å². The molecule has 1 unspecified atom stereocenters. The third-order valence-electron chi connectivity index (χ3n) is 6.25. The summed E-state index contributed by atoms with van der Waals surface area (Å²) in [7, 11) is 1.65. The molecule has 2 aromatic heterocycles. The van der Waals surface area contributed by atoms with Gasteiger partial charge in [0.05, 0.1) is 39.1 Å². The average Bonchev–Trinajstić information content (AvgIpc) is 3.52. The van der Waals surface area contributed by atoms with Crippen LogP contribution in [0.15, 0.2) is 47.9 Å². The first-order valence-electron chi connectivity index (χ1n) is 11.0. The van der Waals surface area contributed by atoms with Gasteiger partial charge in [-0.15, -0.1) is 0 Å². The molecule has 1 aliphatic heterocycles. The van der Waals surface area contributed by atoms with Crippen molar-refractivity contribution in [1.82, 2.24) is 19.5 Å². The molecule has 0 radical (unpaired) electrons. The van der Waals surface area contributed by atoms with E-state index >= 15 is 0 Å². The molecule has 8 nitrogen and oxygen atoms in total. The Morgan fingerprint density at radius 3 is 2.76 bits per heavy atom. The predicted molar refractivity (Wildman–Crippen MR) is 128 cm³/mol. The Morgan fingerprint density at radius 2 is 2.06 bits per heavy atom. The summed E-state index contributed by atoms with van der Waals surface area (Å²) in [6, 6.07) is 10.1. The zero-order chi connectivity index (χ0) is 23.0. The molecule has 1 N–H and O–H groups in total. The molecule has 3 aromatic rings. The van der Waals surface area contributed by atoms with Gasteiger partial charge in [-0.1, -0.05) is 12.1 Å². The fourth-order valence-corrected chi connectivity index (χ4v) is 6.04. The van der Waals surface area contributed by atoms with Gasteiger partial charge in [0, 0.05) is 31.6 Å². The number of morpholine rings is 1. The van der Waals surface area contributed by atoms with Crippen LogP contribution in [0.4, 0.5) is 5.82 Å². The van der Waals surface area contributed by atoms with Gasteiger partial charge in [0.25, 0.3) is 0 Å². The summed E-state index contributed by atoms with van der Waals surface area (Å²) in [5.41, 5.74) is 1.88. The number of aromatic nitrogens is 4. The van der Waals surface area contributed by atoms with Crippen molar-refractivity contribution in [2.45, 2.75) is 42.3 Å². The lowest BCUT2D eigenvalue weighted by Crippen LogP contribution is -2.44. The molecule has 33 heavy (non-hydrogen) atoms. The van der Waals surface area contributed by atoms with Crippen LogP contribution in [0.25, 0.3) is 0 Å². The van der Waals surface area contributed by atoms with Gasteiger partial charge in [-0.05, 0) is 36.2 Å². The second-order valence-electron chi connectivity index (χ2n) is 8.46. The molecule has 0 spiro atoms. The van der Waals surface area contributed by atoms with Gasteiger partial charge in [-0.3, -0.25) is 4.57 Å². The summed E-state index contributed by atoms with van der Waals surface area (Å²) in [5.74, 6) is 1.60. The van der Waals surface area contributed by atoms with Crippen LogP contribution in [0.2, 0.25) is 5.28 Å². The van der Waals surface area contributed by atoms with Crippen molar-refractivity contribution in [2.24, 2.45) is 0 Å². The minimum absolute atomic E-state index is 0.198. The highest BCUT2D eigenvalue weighted by molar-refractivity contribution is 7.92. The predicted octanol–water partition coefficient (Wildman–Crippen LogP) is 3.75. The molecule has 1 saturated heterocycles. The van der Waals surface area contributed by atoms with Crippen LogP contribution in [-0.2, 0) is 27.2 Å². The van der Waals surface area contributed by atoms with Crippen molar-refractivity contribution >= 4 is 28.6 Å². The SMILES string of the molecule is COc1ccc(Cn2ccnc2[S+](O)C2(c3cc(N4CCOC[C@@H]4C)nc(Cl)n3)CC2)cc1. The van der Waals surface area contributed by atoms with Crippen LogP contribution in [0.1, 0.15) is 31.0 Å². The maximum absolute atomic E-state index is 11.5. The van der Waals surface area contributed by atoms with Gasteiger partial charge in [0.15, 0.2) is 0 Å². The molecule has 1 aromatic carbocycles. The van der Waals surface area contributed by atoms with Crippen molar-refractivity contribution in [2.75, 3.05) is 31.8 Å². The second kappa shape index (κ2) is 9.13. The molecule has 0 bridgehead atoms. The molecule has 10 heteroatoms. The molecule has 0 amide bonds. The highest BCUT2D eigenvalue weighted by Crippen LogP contribution is 2.54. The van der Waals surface area contributed by atoms with Crippen LogP contribution < -0.4 is 9.64 Å². The minimum atomic E-state index is -1.14. The Kier molecular flexibility index (Phi) is 6.22. The fourth-order valence-electron chi connectivity index (χ4n) is 4.22. The van der Waals surface area contributed by atoms with Gasteiger partial charge in [0.1, 0.15) is 17.3 Å². The lowest BCUT2D eigenvalue weighted by molar-refractivity contribution is 0.0985. The Morgan fingerprint density at radius 1 is 1.27 bits per heavy atom. The molecule has 174 valence electrons. The van der Waals surface area contributed by atoms with E-state index in [1.54, 1.807) is 13.3 Å². The number of rotatable bonds is 7. The number of anilines is 1. The Labute approximate surface area is 201 Å². The van der Waals surface area contributed by atoms with E-state index < -0.39 is 15.9 Å². The van der Waals surface area contributed by atoms with E-state index in [2.05, 4.69) is 26.8 Å². The van der Waals surface area contributed by atoms with Crippen LogP contribution in [0.3, 0.4) is 0 Å². The number of hydrogen-bond acceptors (Lipinski definition) is 7. The summed E-state index contributed by atoms with van der Waals surface area (Å²) < 4.78 is 23.8. The maximum Gasteiger partial charge on any atom is 0.361 e. The summed E-state index contributed by atoms with van der Waals surface area (Å²) in [4.78, 5) is 15.7. The van der Waals surface area contributed by atoms with Crippen molar-refractivity contribution < 1.29 is 14.0 Å². The van der Waals surface area contributed by atoms with Gasteiger partial charge in [0.2, 0.25) is 21.2 Å². The molecule has 3 heterocycles. The summed E-state index contributed by atoms with van der Waals surface area (Å²) in [6.45, 7) is 4.77. The highest BCUT2D eigenvalue weighted by atomic mass is 35.5. The topological polar surface area (TPSA) is 85.5 Å². The molecule has 1 aliphatic carbocycles. The smallest absolute Gasteiger partial charge is 0.361 e. The van der Waals surface area contributed by atoms with Gasteiger partial charge < -0.3 is 14.4 Å². The first-order chi connectivity index (χ1) is 16.0. The van der Waals surface area contributed by atoms with Crippen molar-refractivity contribution in [3.05, 3.63) is 59.3 Å². The average molecular weight is 489 g/mol. The number of nitrogens with zero attached hydrogens (tertiary/aromatic N) is 5. The molecule has 5 rings (SSSR count). The Balaban J connectivity index is 1.42. The number of ether oxygens (including phenoxy) is 2. The second-order valence-corrected chi connectivity index (χ2v) is 10.5. The van der Waals surface area contributed by atoms with Crippen LogP contribution in [0, 0.1) is 0 Å². The zero-order valence-corrected chi connectivity index (χ0v) is 20.2. The third kappa shape index (κ3) is 4.42. The third-order valence-corrected chi connectivity index (χ3v) is 8.46. The molecule has 1 saturated carbocycles. The maximum atomic E-state index is 11.5. The summed E-state index contributed by atoms with van der Waals surface area (Å²) in [6.07, 6.45) is 5.29. The Bertz CT molecular complexity index is 1120. The van der Waals surface area contributed by atoms with E-state index in [4.69, 9.17) is 21.1 Å². The van der Waals surface area contributed by atoms with E-state index in [1.807, 2.05) is 41.1 Å². The van der Waals surface area contributed by atoms with Crippen molar-refractivity contribution in [1.29, 1.82) is 0 Å². The number of hydrogen-bond donors (Lipinski definition) is 1. The number of benzene rings is 1. The largest absolute Gasteiger partial charge is 0.497 e. The van der Waals surface area contributed by atoms with E-state index in [-0.39, 0.29) is 11.3 Å². The quantitative estimate of drug-likeness (QED) is 0.400. The number of imidazole rings is 1. The zero-order valence-electron chi connectivity index (χ0n) is 18.6. The highest BCUT2D eigenvalue weighted by Gasteiger charge is 2.65. The molecular weight excluding hydrogens is 462 g/mol. The normalized spacial score (nSPS) is 20.5. The minimum Gasteiger partial charge on any atom is -0.497 e. The van der Waals surface area contributed by atoms with Gasteiger partial charge in [-0.2, -0.15) is 9.54 Å². The monoisotopic (exact) mass is 488 g/mol. The first-order valence-corrected chi connectivity index (χ1v) is 12.5. The summed E-state index contributed by atoms with van der Waals surface area (Å²) in [5, 5.41) is 0.852.